The first-order chi connectivity index (χ1) is 8.86. The van der Waals surface area contributed by atoms with Gasteiger partial charge in [-0.05, 0) is 41.9 Å². The minimum atomic E-state index is -0.0600. The van der Waals surface area contributed by atoms with Crippen LogP contribution in [0.2, 0.25) is 0 Å². The van der Waals surface area contributed by atoms with Crippen molar-refractivity contribution in [3.63, 3.8) is 0 Å². The van der Waals surface area contributed by atoms with Gasteiger partial charge in [0.1, 0.15) is 0 Å². The Morgan fingerprint density at radius 2 is 2.00 bits per heavy atom. The van der Waals surface area contributed by atoms with E-state index in [1.807, 2.05) is 0 Å². The zero-order chi connectivity index (χ0) is 14.1. The molecule has 1 aromatic rings. The lowest BCUT2D eigenvalue weighted by Gasteiger charge is -2.21. The Hall–Kier alpha value is -1.33. The van der Waals surface area contributed by atoms with Crippen LogP contribution < -0.4 is 5.32 Å². The van der Waals surface area contributed by atoms with Gasteiger partial charge in [-0.25, -0.2) is 0 Å². The maximum absolute atomic E-state index is 9.07. The first kappa shape index (κ1) is 14.1. The zero-order valence-electron chi connectivity index (χ0n) is 12.5. The third-order valence-corrected chi connectivity index (χ3v) is 4.08. The zero-order valence-corrected chi connectivity index (χ0v) is 12.5. The molecule has 102 valence electrons. The van der Waals surface area contributed by atoms with Gasteiger partial charge < -0.3 is 5.32 Å². The Kier molecular flexibility index (Phi) is 3.69. The second kappa shape index (κ2) is 4.98. The molecule has 2 heteroatoms. The van der Waals surface area contributed by atoms with Crippen molar-refractivity contribution in [2.45, 2.75) is 52.5 Å². The number of nitrogens with zero attached hydrogens (tertiary/aromatic N) is 1. The van der Waals surface area contributed by atoms with E-state index in [-0.39, 0.29) is 10.8 Å². The molecule has 1 saturated carbocycles. The van der Waals surface area contributed by atoms with Crippen molar-refractivity contribution in [2.75, 3.05) is 6.54 Å². The van der Waals surface area contributed by atoms with Crippen molar-refractivity contribution in [2.24, 2.45) is 5.41 Å². The van der Waals surface area contributed by atoms with Crippen LogP contribution in [0.4, 0.5) is 0 Å². The smallest absolute Gasteiger partial charge is 0.0703 e. The van der Waals surface area contributed by atoms with Crippen LogP contribution in [0.1, 0.15) is 50.3 Å². The molecule has 2 nitrogen and oxygen atoms in total. The summed E-state index contributed by atoms with van der Waals surface area (Å²) >= 11 is 0. The van der Waals surface area contributed by atoms with Crippen LogP contribution in [0.25, 0.3) is 0 Å². The highest BCUT2D eigenvalue weighted by atomic mass is 14.9. The van der Waals surface area contributed by atoms with Gasteiger partial charge in [0.25, 0.3) is 0 Å². The Balaban J connectivity index is 2.02. The van der Waals surface area contributed by atoms with E-state index in [1.54, 1.807) is 0 Å². The van der Waals surface area contributed by atoms with Crippen molar-refractivity contribution in [1.29, 1.82) is 5.26 Å². The van der Waals surface area contributed by atoms with Crippen LogP contribution in [0.5, 0.6) is 0 Å². The fourth-order valence-corrected chi connectivity index (χ4v) is 2.24. The standard InChI is InChI=1S/C17H24N2/c1-13-5-6-15(16(2,3)4)9-14(13)10-19-12-17(11-18)7-8-17/h5-6,9,19H,7-8,10,12H2,1-4H3. The third-order valence-electron chi connectivity index (χ3n) is 4.08. The normalized spacial score (nSPS) is 17.0. The lowest BCUT2D eigenvalue weighted by molar-refractivity contribution is 0.554. The van der Waals surface area contributed by atoms with Gasteiger partial charge in [-0.3, -0.25) is 0 Å². The first-order valence-corrected chi connectivity index (χ1v) is 7.08. The molecule has 0 aliphatic heterocycles. The van der Waals surface area contributed by atoms with Crippen molar-refractivity contribution in [1.82, 2.24) is 5.32 Å². The van der Waals surface area contributed by atoms with E-state index in [1.165, 1.54) is 16.7 Å². The number of rotatable bonds is 4. The Labute approximate surface area is 116 Å². The minimum Gasteiger partial charge on any atom is -0.311 e. The van der Waals surface area contributed by atoms with Gasteiger partial charge >= 0.3 is 0 Å². The topological polar surface area (TPSA) is 35.8 Å². The van der Waals surface area contributed by atoms with Crippen molar-refractivity contribution >= 4 is 0 Å². The Bertz CT molecular complexity index is 499. The van der Waals surface area contributed by atoms with E-state index in [9.17, 15) is 0 Å². The molecule has 0 saturated heterocycles. The molecule has 0 heterocycles. The predicted molar refractivity (Wildman–Crippen MR) is 78.9 cm³/mol. The van der Waals surface area contributed by atoms with Gasteiger partial charge in [0.05, 0.1) is 11.5 Å². The van der Waals surface area contributed by atoms with Gasteiger partial charge in [0, 0.05) is 13.1 Å². The molecule has 19 heavy (non-hydrogen) atoms. The molecule has 0 aromatic heterocycles. The molecular weight excluding hydrogens is 232 g/mol. The van der Waals surface area contributed by atoms with E-state index in [4.69, 9.17) is 5.26 Å². The summed E-state index contributed by atoms with van der Waals surface area (Å²) in [6.45, 7) is 10.6. The van der Waals surface area contributed by atoms with Gasteiger partial charge in [0.15, 0.2) is 0 Å². The average molecular weight is 256 g/mol. The molecule has 0 bridgehead atoms. The second-order valence-electron chi connectivity index (χ2n) is 6.89. The molecule has 2 rings (SSSR count). The molecule has 1 aromatic carbocycles. The van der Waals surface area contributed by atoms with Gasteiger partial charge in [-0.1, -0.05) is 39.0 Å². The monoisotopic (exact) mass is 256 g/mol. The van der Waals surface area contributed by atoms with Crippen molar-refractivity contribution in [3.05, 3.63) is 34.9 Å². The number of aryl methyl sites for hydroxylation is 1. The molecule has 0 spiro atoms. The summed E-state index contributed by atoms with van der Waals surface area (Å²) in [6.07, 6.45) is 2.11. The third kappa shape index (κ3) is 3.36. The molecule has 0 amide bonds. The summed E-state index contributed by atoms with van der Waals surface area (Å²) in [5.74, 6) is 0. The summed E-state index contributed by atoms with van der Waals surface area (Å²) in [5.41, 5.74) is 4.17. The lowest BCUT2D eigenvalue weighted by Crippen LogP contribution is -2.23. The largest absolute Gasteiger partial charge is 0.311 e. The SMILES string of the molecule is Cc1ccc(C(C)(C)C)cc1CNCC1(C#N)CC1. The molecule has 0 radical (unpaired) electrons. The highest BCUT2D eigenvalue weighted by molar-refractivity contribution is 5.34. The minimum absolute atomic E-state index is 0.0600. The molecule has 1 fully saturated rings. The molecule has 1 aliphatic rings. The Morgan fingerprint density at radius 1 is 1.32 bits per heavy atom. The maximum Gasteiger partial charge on any atom is 0.0703 e. The quantitative estimate of drug-likeness (QED) is 0.892. The van der Waals surface area contributed by atoms with E-state index < -0.39 is 0 Å². The molecule has 0 unspecified atom stereocenters. The summed E-state index contributed by atoms with van der Waals surface area (Å²) in [5, 5.41) is 12.5. The van der Waals surface area contributed by atoms with Crippen molar-refractivity contribution < 1.29 is 0 Å². The van der Waals surface area contributed by atoms with Crippen LogP contribution in [0.3, 0.4) is 0 Å². The number of nitrogens with one attached hydrogen (secondary N) is 1. The number of hydrogen-bond donors (Lipinski definition) is 1. The molecule has 1 aliphatic carbocycles. The van der Waals surface area contributed by atoms with E-state index >= 15 is 0 Å². The van der Waals surface area contributed by atoms with E-state index in [0.717, 1.165) is 25.9 Å². The van der Waals surface area contributed by atoms with Gasteiger partial charge in [0.2, 0.25) is 0 Å². The number of benzene rings is 1. The molecule has 1 N–H and O–H groups in total. The summed E-state index contributed by atoms with van der Waals surface area (Å²) < 4.78 is 0. The summed E-state index contributed by atoms with van der Waals surface area (Å²) in [7, 11) is 0. The van der Waals surface area contributed by atoms with Crippen LogP contribution in [-0.2, 0) is 12.0 Å². The van der Waals surface area contributed by atoms with Crippen molar-refractivity contribution in [3.8, 4) is 6.07 Å². The summed E-state index contributed by atoms with van der Waals surface area (Å²) in [6, 6.07) is 9.15. The lowest BCUT2D eigenvalue weighted by atomic mass is 9.85. The summed E-state index contributed by atoms with van der Waals surface area (Å²) in [4.78, 5) is 0. The van der Waals surface area contributed by atoms with E-state index in [2.05, 4.69) is 57.3 Å². The Morgan fingerprint density at radius 3 is 2.53 bits per heavy atom. The molecule has 0 atom stereocenters. The van der Waals surface area contributed by atoms with Crippen LogP contribution in [0.15, 0.2) is 18.2 Å². The van der Waals surface area contributed by atoms with Crippen LogP contribution >= 0.6 is 0 Å². The van der Waals surface area contributed by atoms with Gasteiger partial charge in [-0.2, -0.15) is 5.26 Å². The highest BCUT2D eigenvalue weighted by Crippen LogP contribution is 2.44. The van der Waals surface area contributed by atoms with E-state index in [0.29, 0.717) is 0 Å². The highest BCUT2D eigenvalue weighted by Gasteiger charge is 2.42. The first-order valence-electron chi connectivity index (χ1n) is 7.08. The number of nitriles is 1. The fourth-order valence-electron chi connectivity index (χ4n) is 2.24. The predicted octanol–water partition coefficient (Wildman–Crippen LogP) is 3.69. The second-order valence-corrected chi connectivity index (χ2v) is 6.89. The fraction of sp³-hybridized carbons (Fsp3) is 0.588. The number of hydrogen-bond acceptors (Lipinski definition) is 2. The molecular formula is C17H24N2. The maximum atomic E-state index is 9.07. The van der Waals surface area contributed by atoms with Gasteiger partial charge in [-0.15, -0.1) is 0 Å². The van der Waals surface area contributed by atoms with Crippen LogP contribution in [0, 0.1) is 23.7 Å². The average Bonchev–Trinajstić information content (AvgIpc) is 3.11. The van der Waals surface area contributed by atoms with Crippen LogP contribution in [-0.4, -0.2) is 6.54 Å².